The largest absolute Gasteiger partial charge is 0.397 e. The maximum atomic E-state index is 5.56. The molecule has 0 fully saturated rings. The molecule has 1 rings (SSSR count). The highest BCUT2D eigenvalue weighted by Crippen LogP contribution is 2.17. The molecule has 80 valence electrons. The molecular formula is C11H21N3. The molecule has 1 aromatic carbocycles. The predicted molar refractivity (Wildman–Crippen MR) is 64.2 cm³/mol. The first-order valence-corrected chi connectivity index (χ1v) is 4.94. The highest BCUT2D eigenvalue weighted by Gasteiger charge is 1.93. The quantitative estimate of drug-likeness (QED) is 0.630. The van der Waals surface area contributed by atoms with Gasteiger partial charge in [0.15, 0.2) is 0 Å². The monoisotopic (exact) mass is 195 g/mol. The smallest absolute Gasteiger partial charge is 0.0577 e. The lowest BCUT2D eigenvalue weighted by Gasteiger charge is -2.00. The number of aryl methyl sites for hydroxylation is 1. The summed E-state index contributed by atoms with van der Waals surface area (Å²) in [6.07, 6.45) is 0. The van der Waals surface area contributed by atoms with Crippen molar-refractivity contribution in [3.05, 3.63) is 23.8 Å². The van der Waals surface area contributed by atoms with Gasteiger partial charge in [-0.25, -0.2) is 0 Å². The molecule has 0 saturated carbocycles. The first-order chi connectivity index (χ1) is 6.63. The number of hydrogen-bond acceptors (Lipinski definition) is 3. The van der Waals surface area contributed by atoms with Crippen molar-refractivity contribution in [2.24, 2.45) is 0 Å². The second-order valence-electron chi connectivity index (χ2n) is 3.03. The number of anilines is 2. The van der Waals surface area contributed by atoms with Crippen LogP contribution in [0.25, 0.3) is 0 Å². The van der Waals surface area contributed by atoms with E-state index in [4.69, 9.17) is 11.5 Å². The average Bonchev–Trinajstić information content (AvgIpc) is 2.16. The van der Waals surface area contributed by atoms with E-state index in [2.05, 4.69) is 19.2 Å². The van der Waals surface area contributed by atoms with Gasteiger partial charge in [-0.3, -0.25) is 0 Å². The molecule has 0 aliphatic carbocycles. The molecule has 0 bridgehead atoms. The molecule has 3 heteroatoms. The second-order valence-corrected chi connectivity index (χ2v) is 3.03. The maximum absolute atomic E-state index is 5.56. The van der Waals surface area contributed by atoms with Crippen molar-refractivity contribution in [1.82, 2.24) is 5.32 Å². The summed E-state index contributed by atoms with van der Waals surface area (Å²) in [6.45, 7) is 8.33. The summed E-state index contributed by atoms with van der Waals surface area (Å²) < 4.78 is 0. The fourth-order valence-corrected chi connectivity index (χ4v) is 0.953. The molecule has 0 aliphatic rings. The lowest BCUT2D eigenvalue weighted by atomic mass is 10.2. The van der Waals surface area contributed by atoms with Gasteiger partial charge in [-0.15, -0.1) is 0 Å². The number of nitrogens with two attached hydrogens (primary N) is 2. The standard InChI is InChI=1S/C7H10N2.C4H11N/c1-5-3-2-4-6(8)7(5)9;1-3-5-4-2/h2-4H,8-9H2,1H3;5H,3-4H2,1-2H3. The van der Waals surface area contributed by atoms with E-state index in [1.807, 2.05) is 19.1 Å². The SMILES string of the molecule is CCNCC.Cc1cccc(N)c1N. The Balaban J connectivity index is 0.000000292. The molecule has 0 heterocycles. The van der Waals surface area contributed by atoms with Crippen LogP contribution < -0.4 is 16.8 Å². The molecule has 14 heavy (non-hydrogen) atoms. The van der Waals surface area contributed by atoms with Crippen molar-refractivity contribution in [2.45, 2.75) is 20.8 Å². The zero-order valence-electron chi connectivity index (χ0n) is 9.30. The van der Waals surface area contributed by atoms with Crippen molar-refractivity contribution in [2.75, 3.05) is 24.6 Å². The molecule has 5 N–H and O–H groups in total. The normalized spacial score (nSPS) is 9.07. The van der Waals surface area contributed by atoms with Crippen LogP contribution in [0.2, 0.25) is 0 Å². The van der Waals surface area contributed by atoms with Gasteiger partial charge in [0.2, 0.25) is 0 Å². The van der Waals surface area contributed by atoms with Gasteiger partial charge in [-0.1, -0.05) is 26.0 Å². The minimum atomic E-state index is 0.662. The number of hydrogen-bond donors (Lipinski definition) is 3. The molecule has 3 nitrogen and oxygen atoms in total. The summed E-state index contributed by atoms with van der Waals surface area (Å²) in [7, 11) is 0. The minimum absolute atomic E-state index is 0.662. The van der Waals surface area contributed by atoms with Gasteiger partial charge in [-0.2, -0.15) is 0 Å². The van der Waals surface area contributed by atoms with Crippen molar-refractivity contribution < 1.29 is 0 Å². The van der Waals surface area contributed by atoms with E-state index in [1.54, 1.807) is 6.07 Å². The molecule has 0 unspecified atom stereocenters. The zero-order chi connectivity index (χ0) is 11.0. The Bertz CT molecular complexity index is 236. The summed E-state index contributed by atoms with van der Waals surface area (Å²) in [5.41, 5.74) is 13.4. The fourth-order valence-electron chi connectivity index (χ4n) is 0.953. The molecule has 0 atom stereocenters. The van der Waals surface area contributed by atoms with Crippen molar-refractivity contribution in [3.8, 4) is 0 Å². The highest BCUT2D eigenvalue weighted by molar-refractivity contribution is 5.66. The van der Waals surface area contributed by atoms with Gasteiger partial charge in [-0.05, 0) is 31.6 Å². The Kier molecular flexibility index (Phi) is 6.58. The third kappa shape index (κ3) is 4.72. The summed E-state index contributed by atoms with van der Waals surface area (Å²) in [5.74, 6) is 0. The van der Waals surface area contributed by atoms with Crippen molar-refractivity contribution in [3.63, 3.8) is 0 Å². The molecule has 0 radical (unpaired) electrons. The molecular weight excluding hydrogens is 174 g/mol. The lowest BCUT2D eigenvalue weighted by Crippen LogP contribution is -2.09. The summed E-state index contributed by atoms with van der Waals surface area (Å²) in [6, 6.07) is 5.62. The van der Waals surface area contributed by atoms with E-state index in [-0.39, 0.29) is 0 Å². The molecule has 0 aliphatic heterocycles. The summed E-state index contributed by atoms with van der Waals surface area (Å²) in [4.78, 5) is 0. The topological polar surface area (TPSA) is 64.1 Å². The first-order valence-electron chi connectivity index (χ1n) is 4.94. The van der Waals surface area contributed by atoms with E-state index >= 15 is 0 Å². The Morgan fingerprint density at radius 2 is 1.71 bits per heavy atom. The molecule has 0 amide bonds. The molecule has 0 saturated heterocycles. The Morgan fingerprint density at radius 1 is 1.14 bits per heavy atom. The van der Waals surface area contributed by atoms with Crippen molar-refractivity contribution in [1.29, 1.82) is 0 Å². The zero-order valence-corrected chi connectivity index (χ0v) is 9.30. The average molecular weight is 195 g/mol. The van der Waals surface area contributed by atoms with E-state index in [0.717, 1.165) is 18.7 Å². The number of para-hydroxylation sites is 1. The van der Waals surface area contributed by atoms with Gasteiger partial charge >= 0.3 is 0 Å². The van der Waals surface area contributed by atoms with Crippen LogP contribution in [0.4, 0.5) is 11.4 Å². The van der Waals surface area contributed by atoms with E-state index in [0.29, 0.717) is 11.4 Å². The summed E-state index contributed by atoms with van der Waals surface area (Å²) in [5, 5.41) is 3.11. The highest BCUT2D eigenvalue weighted by atomic mass is 14.8. The van der Waals surface area contributed by atoms with Gasteiger partial charge in [0.25, 0.3) is 0 Å². The molecule has 0 spiro atoms. The maximum Gasteiger partial charge on any atom is 0.0577 e. The lowest BCUT2D eigenvalue weighted by molar-refractivity contribution is 0.762. The third-order valence-corrected chi connectivity index (χ3v) is 1.86. The predicted octanol–water partition coefficient (Wildman–Crippen LogP) is 1.78. The van der Waals surface area contributed by atoms with Gasteiger partial charge < -0.3 is 16.8 Å². The minimum Gasteiger partial charge on any atom is -0.397 e. The van der Waals surface area contributed by atoms with E-state index < -0.39 is 0 Å². The van der Waals surface area contributed by atoms with Crippen molar-refractivity contribution >= 4 is 11.4 Å². The number of rotatable bonds is 2. The fraction of sp³-hybridized carbons (Fsp3) is 0.455. The second kappa shape index (κ2) is 7.21. The van der Waals surface area contributed by atoms with Crippen LogP contribution in [0.1, 0.15) is 19.4 Å². The Hall–Kier alpha value is -1.22. The van der Waals surface area contributed by atoms with Gasteiger partial charge in [0, 0.05) is 0 Å². The van der Waals surface area contributed by atoms with Crippen LogP contribution in [0, 0.1) is 6.92 Å². The van der Waals surface area contributed by atoms with Crippen LogP contribution in [0.5, 0.6) is 0 Å². The Labute approximate surface area is 86.5 Å². The van der Waals surface area contributed by atoms with Crippen LogP contribution in [0.15, 0.2) is 18.2 Å². The molecule has 0 aromatic heterocycles. The number of nitrogens with one attached hydrogen (secondary N) is 1. The first kappa shape index (κ1) is 12.8. The van der Waals surface area contributed by atoms with Gasteiger partial charge in [0.1, 0.15) is 0 Å². The number of benzene rings is 1. The third-order valence-electron chi connectivity index (χ3n) is 1.86. The van der Waals surface area contributed by atoms with E-state index in [9.17, 15) is 0 Å². The van der Waals surface area contributed by atoms with Crippen LogP contribution >= 0.6 is 0 Å². The van der Waals surface area contributed by atoms with Crippen LogP contribution in [-0.4, -0.2) is 13.1 Å². The van der Waals surface area contributed by atoms with Crippen LogP contribution in [-0.2, 0) is 0 Å². The Morgan fingerprint density at radius 3 is 2.00 bits per heavy atom. The number of nitrogen functional groups attached to an aromatic ring is 2. The van der Waals surface area contributed by atoms with Crippen LogP contribution in [0.3, 0.4) is 0 Å². The van der Waals surface area contributed by atoms with Gasteiger partial charge in [0.05, 0.1) is 11.4 Å². The van der Waals surface area contributed by atoms with E-state index in [1.165, 1.54) is 0 Å². The molecule has 1 aromatic rings. The summed E-state index contributed by atoms with van der Waals surface area (Å²) >= 11 is 0.